The van der Waals surface area contributed by atoms with E-state index in [1.807, 2.05) is 0 Å². The second kappa shape index (κ2) is 10.3. The maximum Gasteiger partial charge on any atom is 0.329 e. The average Bonchev–Trinajstić information content (AvgIpc) is 2.64. The molecule has 0 aromatic heterocycles. The summed E-state index contributed by atoms with van der Waals surface area (Å²) in [4.78, 5) is 35.7. The maximum absolute atomic E-state index is 12.0. The minimum atomic E-state index is -0.849. The second-order valence-electron chi connectivity index (χ2n) is 6.42. The van der Waals surface area contributed by atoms with E-state index in [-0.39, 0.29) is 23.4 Å². The van der Waals surface area contributed by atoms with Crippen LogP contribution >= 0.6 is 23.2 Å². The van der Waals surface area contributed by atoms with Crippen LogP contribution in [0.1, 0.15) is 45.4 Å². The van der Waals surface area contributed by atoms with Crippen molar-refractivity contribution in [2.24, 2.45) is 5.10 Å². The molecule has 1 aliphatic rings. The van der Waals surface area contributed by atoms with E-state index in [2.05, 4.69) is 21.2 Å². The number of hydrogen-bond donors (Lipinski definition) is 3. The molecule has 1 fully saturated rings. The number of carbonyl (C=O) groups excluding carboxylic acids is 3. The molecule has 27 heavy (non-hydrogen) atoms. The Bertz CT molecular complexity index is 746. The Morgan fingerprint density at radius 2 is 1.81 bits per heavy atom. The van der Waals surface area contributed by atoms with Gasteiger partial charge in [0.2, 0.25) is 5.91 Å². The van der Waals surface area contributed by atoms with Crippen LogP contribution < -0.4 is 16.1 Å². The molecule has 1 aromatic rings. The molecule has 0 bridgehead atoms. The summed E-state index contributed by atoms with van der Waals surface area (Å²) >= 11 is 11.9. The zero-order chi connectivity index (χ0) is 19.8. The standard InChI is InChI=1S/C18H22Cl2N4O3/c1-11(10-15(25)22-14-9-5-8-13(19)16(14)20)23-24-18(27)17(26)21-12-6-3-2-4-7-12/h5,8-9,12H,2-4,6-7,10H2,1H3,(H,21,26)(H,22,25)(H,24,27)/b23-11-. The van der Waals surface area contributed by atoms with Crippen molar-refractivity contribution >= 4 is 52.3 Å². The molecule has 1 aromatic carbocycles. The summed E-state index contributed by atoms with van der Waals surface area (Å²) in [5.41, 5.74) is 2.90. The zero-order valence-corrected chi connectivity index (χ0v) is 16.5. The predicted molar refractivity (Wildman–Crippen MR) is 106 cm³/mol. The Labute approximate surface area is 167 Å². The number of halogens is 2. The number of nitrogens with zero attached hydrogens (tertiary/aromatic N) is 1. The molecule has 0 atom stereocenters. The first-order chi connectivity index (χ1) is 12.9. The highest BCUT2D eigenvalue weighted by atomic mass is 35.5. The van der Waals surface area contributed by atoms with Gasteiger partial charge in [0.05, 0.1) is 22.2 Å². The predicted octanol–water partition coefficient (Wildman–Crippen LogP) is 3.26. The van der Waals surface area contributed by atoms with Crippen molar-refractivity contribution in [2.75, 3.05) is 5.32 Å². The van der Waals surface area contributed by atoms with Crippen molar-refractivity contribution in [3.63, 3.8) is 0 Å². The summed E-state index contributed by atoms with van der Waals surface area (Å²) in [6, 6.07) is 4.93. The minimum Gasteiger partial charge on any atom is -0.345 e. The number of nitrogens with one attached hydrogen (secondary N) is 3. The number of rotatable bonds is 5. The monoisotopic (exact) mass is 412 g/mol. The minimum absolute atomic E-state index is 0.0373. The first kappa shape index (κ1) is 21.2. The van der Waals surface area contributed by atoms with Crippen molar-refractivity contribution in [1.82, 2.24) is 10.7 Å². The van der Waals surface area contributed by atoms with Gasteiger partial charge >= 0.3 is 11.8 Å². The fraction of sp³-hybridized carbons (Fsp3) is 0.444. The molecule has 3 N–H and O–H groups in total. The van der Waals surface area contributed by atoms with Gasteiger partial charge in [-0.2, -0.15) is 5.10 Å². The highest BCUT2D eigenvalue weighted by molar-refractivity contribution is 6.44. The van der Waals surface area contributed by atoms with Gasteiger partial charge in [-0.3, -0.25) is 14.4 Å². The van der Waals surface area contributed by atoms with Gasteiger partial charge < -0.3 is 10.6 Å². The molecule has 2 rings (SSSR count). The molecular formula is C18H22Cl2N4O3. The van der Waals surface area contributed by atoms with Crippen LogP contribution in [0.25, 0.3) is 0 Å². The molecule has 146 valence electrons. The van der Waals surface area contributed by atoms with Crippen LogP contribution in [0.2, 0.25) is 10.0 Å². The zero-order valence-electron chi connectivity index (χ0n) is 15.0. The lowest BCUT2D eigenvalue weighted by Crippen LogP contribution is -2.44. The lowest BCUT2D eigenvalue weighted by Gasteiger charge is -2.22. The van der Waals surface area contributed by atoms with Gasteiger partial charge in [0.15, 0.2) is 0 Å². The van der Waals surface area contributed by atoms with E-state index in [0.717, 1.165) is 32.1 Å². The SMILES string of the molecule is C/C(CC(=O)Nc1cccc(Cl)c1Cl)=N/NC(=O)C(=O)NC1CCCCC1. The molecular weight excluding hydrogens is 391 g/mol. The average molecular weight is 413 g/mol. The van der Waals surface area contributed by atoms with Gasteiger partial charge in [-0.1, -0.05) is 48.5 Å². The molecule has 0 radical (unpaired) electrons. The summed E-state index contributed by atoms with van der Waals surface area (Å²) in [5.74, 6) is -1.94. The van der Waals surface area contributed by atoms with Crippen LogP contribution in [-0.4, -0.2) is 29.5 Å². The number of benzene rings is 1. The first-order valence-electron chi connectivity index (χ1n) is 8.74. The topological polar surface area (TPSA) is 99.7 Å². The third-order valence-electron chi connectivity index (χ3n) is 4.14. The second-order valence-corrected chi connectivity index (χ2v) is 7.21. The van der Waals surface area contributed by atoms with Crippen molar-refractivity contribution < 1.29 is 14.4 Å². The van der Waals surface area contributed by atoms with Gasteiger partial charge in [0, 0.05) is 11.8 Å². The number of anilines is 1. The fourth-order valence-corrected chi connectivity index (χ4v) is 3.11. The van der Waals surface area contributed by atoms with Gasteiger partial charge in [0.1, 0.15) is 0 Å². The molecule has 3 amide bonds. The van der Waals surface area contributed by atoms with Crippen LogP contribution in [0.4, 0.5) is 5.69 Å². The Morgan fingerprint density at radius 3 is 2.52 bits per heavy atom. The number of amides is 3. The highest BCUT2D eigenvalue weighted by Gasteiger charge is 2.20. The summed E-state index contributed by atoms with van der Waals surface area (Å²) in [6.07, 6.45) is 4.95. The van der Waals surface area contributed by atoms with E-state index >= 15 is 0 Å². The molecule has 1 saturated carbocycles. The Balaban J connectivity index is 1.80. The van der Waals surface area contributed by atoms with Crippen molar-refractivity contribution in [2.45, 2.75) is 51.5 Å². The molecule has 0 saturated heterocycles. The lowest BCUT2D eigenvalue weighted by molar-refractivity contribution is -0.139. The molecule has 7 nitrogen and oxygen atoms in total. The van der Waals surface area contributed by atoms with Gasteiger partial charge in [-0.15, -0.1) is 0 Å². The highest BCUT2D eigenvalue weighted by Crippen LogP contribution is 2.29. The largest absolute Gasteiger partial charge is 0.345 e. The van der Waals surface area contributed by atoms with Gasteiger partial charge in [-0.05, 0) is 31.9 Å². The van der Waals surface area contributed by atoms with Crippen LogP contribution in [0, 0.1) is 0 Å². The van der Waals surface area contributed by atoms with Crippen molar-refractivity contribution in [3.05, 3.63) is 28.2 Å². The van der Waals surface area contributed by atoms with Crippen LogP contribution in [0.5, 0.6) is 0 Å². The first-order valence-corrected chi connectivity index (χ1v) is 9.50. The summed E-state index contributed by atoms with van der Waals surface area (Å²) in [6.45, 7) is 1.57. The molecule has 9 heteroatoms. The quantitative estimate of drug-likeness (QED) is 0.393. The van der Waals surface area contributed by atoms with Crippen LogP contribution in [-0.2, 0) is 14.4 Å². The maximum atomic E-state index is 12.0. The molecule has 0 heterocycles. The van der Waals surface area contributed by atoms with Crippen molar-refractivity contribution in [1.29, 1.82) is 0 Å². The number of hydrogen-bond acceptors (Lipinski definition) is 4. The van der Waals surface area contributed by atoms with Crippen LogP contribution in [0.3, 0.4) is 0 Å². The third kappa shape index (κ3) is 6.84. The van der Waals surface area contributed by atoms with E-state index < -0.39 is 11.8 Å². The van der Waals surface area contributed by atoms with Gasteiger partial charge in [-0.25, -0.2) is 5.43 Å². The van der Waals surface area contributed by atoms with Gasteiger partial charge in [0.25, 0.3) is 0 Å². The molecule has 0 aliphatic heterocycles. The van der Waals surface area contributed by atoms with E-state index in [1.54, 1.807) is 25.1 Å². The fourth-order valence-electron chi connectivity index (χ4n) is 2.76. The van der Waals surface area contributed by atoms with E-state index in [9.17, 15) is 14.4 Å². The van der Waals surface area contributed by atoms with Crippen molar-refractivity contribution in [3.8, 4) is 0 Å². The van der Waals surface area contributed by atoms with E-state index in [0.29, 0.717) is 16.4 Å². The number of carbonyl (C=O) groups is 3. The molecule has 0 spiro atoms. The Hall–Kier alpha value is -2.12. The normalized spacial score (nSPS) is 15.1. The van der Waals surface area contributed by atoms with Crippen LogP contribution in [0.15, 0.2) is 23.3 Å². The number of hydrazone groups is 1. The molecule has 1 aliphatic carbocycles. The van der Waals surface area contributed by atoms with E-state index in [1.165, 1.54) is 0 Å². The Morgan fingerprint density at radius 1 is 1.11 bits per heavy atom. The Kier molecular flexibility index (Phi) is 8.06. The summed E-state index contributed by atoms with van der Waals surface area (Å²) < 4.78 is 0. The third-order valence-corrected chi connectivity index (χ3v) is 4.96. The van der Waals surface area contributed by atoms with E-state index in [4.69, 9.17) is 23.2 Å². The summed E-state index contributed by atoms with van der Waals surface area (Å²) in [7, 11) is 0. The lowest BCUT2D eigenvalue weighted by atomic mass is 9.95. The smallest absolute Gasteiger partial charge is 0.329 e. The molecule has 0 unspecified atom stereocenters. The summed E-state index contributed by atoms with van der Waals surface area (Å²) in [5, 5.41) is 9.69.